The predicted octanol–water partition coefficient (Wildman–Crippen LogP) is 3.67. The van der Waals surface area contributed by atoms with E-state index in [1.807, 2.05) is 19.1 Å². The number of aryl methyl sites for hydroxylation is 2. The van der Waals surface area contributed by atoms with E-state index in [0.29, 0.717) is 17.9 Å². The second-order valence-corrected chi connectivity index (χ2v) is 7.63. The zero-order valence-electron chi connectivity index (χ0n) is 17.8. The normalized spacial score (nSPS) is 13.9. The molecular formula is C24H27N3O4. The lowest BCUT2D eigenvalue weighted by Gasteiger charge is -2.15. The number of hydrogen-bond donors (Lipinski definition) is 3. The summed E-state index contributed by atoms with van der Waals surface area (Å²) in [6.07, 6.45) is 3.56. The highest BCUT2D eigenvalue weighted by Gasteiger charge is 2.20. The molecule has 0 spiro atoms. The molecule has 3 aromatic rings. The zero-order chi connectivity index (χ0) is 21.8. The molecule has 0 radical (unpaired) electrons. The molecule has 1 aliphatic carbocycles. The second kappa shape index (κ2) is 9.12. The summed E-state index contributed by atoms with van der Waals surface area (Å²) in [6.45, 7) is 4.12. The number of amides is 2. The van der Waals surface area contributed by atoms with Gasteiger partial charge in [-0.1, -0.05) is 12.1 Å². The Kier molecular flexibility index (Phi) is 6.11. The molecule has 1 heterocycles. The Morgan fingerprint density at radius 3 is 2.55 bits per heavy atom. The van der Waals surface area contributed by atoms with Crippen LogP contribution < -0.4 is 20.3 Å². The molecule has 1 aromatic heterocycles. The van der Waals surface area contributed by atoms with Crippen LogP contribution in [0.15, 0.2) is 42.5 Å². The van der Waals surface area contributed by atoms with Crippen molar-refractivity contribution in [2.24, 2.45) is 0 Å². The number of H-pyrrole nitrogens is 1. The lowest BCUT2D eigenvalue weighted by atomic mass is 9.95. The van der Waals surface area contributed by atoms with Crippen LogP contribution in [-0.2, 0) is 17.6 Å². The fraction of sp³-hybridized carbons (Fsp3) is 0.333. The topological polar surface area (TPSA) is 92.4 Å². The van der Waals surface area contributed by atoms with Crippen LogP contribution in [-0.4, -0.2) is 29.5 Å². The highest BCUT2D eigenvalue weighted by molar-refractivity contribution is 6.07. The minimum Gasteiger partial charge on any atom is -0.494 e. The Labute approximate surface area is 181 Å². The van der Waals surface area contributed by atoms with Crippen molar-refractivity contribution in [1.82, 2.24) is 15.8 Å². The number of aromatic amines is 1. The standard InChI is InChI=1S/C24H27N3O4/c1-3-30-16-11-13-17(14-12-16)31-15(2)23(28)26-27-24(29)20-9-6-8-19-18-7-4-5-10-21(18)25-22(19)20/h6,8-9,11-15,25H,3-5,7,10H2,1-2H3,(H,26,28)(H,27,29). The van der Waals surface area contributed by atoms with E-state index in [1.54, 1.807) is 37.3 Å². The largest absolute Gasteiger partial charge is 0.494 e. The maximum atomic E-state index is 12.8. The van der Waals surface area contributed by atoms with Crippen LogP contribution in [0, 0.1) is 0 Å². The summed E-state index contributed by atoms with van der Waals surface area (Å²) in [6, 6.07) is 12.7. The Morgan fingerprint density at radius 1 is 1.03 bits per heavy atom. The van der Waals surface area contributed by atoms with Crippen LogP contribution in [0.2, 0.25) is 0 Å². The summed E-state index contributed by atoms with van der Waals surface area (Å²) in [5, 5.41) is 1.08. The molecule has 1 atom stereocenters. The van der Waals surface area contributed by atoms with Crippen molar-refractivity contribution in [2.45, 2.75) is 45.6 Å². The van der Waals surface area contributed by atoms with Crippen LogP contribution in [0.3, 0.4) is 0 Å². The first-order valence-electron chi connectivity index (χ1n) is 10.7. The predicted molar refractivity (Wildman–Crippen MR) is 118 cm³/mol. The third-order valence-corrected chi connectivity index (χ3v) is 5.49. The van der Waals surface area contributed by atoms with Gasteiger partial charge in [-0.15, -0.1) is 0 Å². The number of carbonyl (C=O) groups excluding carboxylic acids is 2. The molecule has 0 fully saturated rings. The first kappa shape index (κ1) is 20.8. The second-order valence-electron chi connectivity index (χ2n) is 7.63. The third-order valence-electron chi connectivity index (χ3n) is 5.49. The minimum atomic E-state index is -0.785. The van der Waals surface area contributed by atoms with Gasteiger partial charge in [0.2, 0.25) is 0 Å². The summed E-state index contributed by atoms with van der Waals surface area (Å²) in [7, 11) is 0. The molecule has 0 saturated heterocycles. The molecule has 4 rings (SSSR count). The highest BCUT2D eigenvalue weighted by Crippen LogP contribution is 2.30. The van der Waals surface area contributed by atoms with Crippen molar-refractivity contribution < 1.29 is 19.1 Å². The van der Waals surface area contributed by atoms with E-state index in [9.17, 15) is 9.59 Å². The quantitative estimate of drug-likeness (QED) is 0.530. The number of nitrogens with one attached hydrogen (secondary N) is 3. The number of hydrogen-bond acceptors (Lipinski definition) is 4. The van der Waals surface area contributed by atoms with Crippen LogP contribution in [0.1, 0.15) is 48.3 Å². The average Bonchev–Trinajstić information content (AvgIpc) is 3.17. The van der Waals surface area contributed by atoms with Crippen molar-refractivity contribution in [3.05, 3.63) is 59.3 Å². The SMILES string of the molecule is CCOc1ccc(OC(C)C(=O)NNC(=O)c2cccc3c4c([nH]c23)CCCC4)cc1. The molecule has 0 saturated carbocycles. The third kappa shape index (κ3) is 4.50. The lowest BCUT2D eigenvalue weighted by Crippen LogP contribution is -2.47. The summed E-state index contributed by atoms with van der Waals surface area (Å²) in [4.78, 5) is 28.6. The zero-order valence-corrected chi connectivity index (χ0v) is 17.8. The Bertz CT molecular complexity index is 1090. The smallest absolute Gasteiger partial charge is 0.279 e. The number of hydrazine groups is 1. The number of ether oxygens (including phenoxy) is 2. The lowest BCUT2D eigenvalue weighted by molar-refractivity contribution is -0.128. The van der Waals surface area contributed by atoms with Gasteiger partial charge in [0.15, 0.2) is 6.10 Å². The van der Waals surface area contributed by atoms with E-state index < -0.39 is 12.0 Å². The molecular weight excluding hydrogens is 394 g/mol. The van der Waals surface area contributed by atoms with Gasteiger partial charge in [-0.25, -0.2) is 0 Å². The maximum Gasteiger partial charge on any atom is 0.279 e. The van der Waals surface area contributed by atoms with Gasteiger partial charge in [-0.05, 0) is 75.4 Å². The highest BCUT2D eigenvalue weighted by atomic mass is 16.5. The average molecular weight is 421 g/mol. The van der Waals surface area contributed by atoms with Gasteiger partial charge in [0.05, 0.1) is 17.7 Å². The summed E-state index contributed by atoms with van der Waals surface area (Å²) >= 11 is 0. The molecule has 162 valence electrons. The van der Waals surface area contributed by atoms with Gasteiger partial charge in [0.25, 0.3) is 11.8 Å². The van der Waals surface area contributed by atoms with Gasteiger partial charge in [0, 0.05) is 11.1 Å². The molecule has 1 aliphatic rings. The van der Waals surface area contributed by atoms with Crippen LogP contribution >= 0.6 is 0 Å². The number of aromatic nitrogens is 1. The minimum absolute atomic E-state index is 0.370. The van der Waals surface area contributed by atoms with Gasteiger partial charge < -0.3 is 14.5 Å². The van der Waals surface area contributed by atoms with E-state index >= 15 is 0 Å². The number of carbonyl (C=O) groups is 2. The fourth-order valence-electron chi connectivity index (χ4n) is 3.95. The van der Waals surface area contributed by atoms with E-state index in [2.05, 4.69) is 15.8 Å². The van der Waals surface area contributed by atoms with E-state index in [1.165, 1.54) is 17.7 Å². The van der Waals surface area contributed by atoms with Crippen LogP contribution in [0.5, 0.6) is 11.5 Å². The Hall–Kier alpha value is -3.48. The van der Waals surface area contributed by atoms with Crippen molar-refractivity contribution in [3.8, 4) is 11.5 Å². The van der Waals surface area contributed by atoms with Crippen LogP contribution in [0.25, 0.3) is 10.9 Å². The van der Waals surface area contributed by atoms with Crippen molar-refractivity contribution in [2.75, 3.05) is 6.61 Å². The fourth-order valence-corrected chi connectivity index (χ4v) is 3.95. The van der Waals surface area contributed by atoms with E-state index in [4.69, 9.17) is 9.47 Å². The maximum absolute atomic E-state index is 12.8. The Morgan fingerprint density at radius 2 is 1.77 bits per heavy atom. The monoisotopic (exact) mass is 421 g/mol. The van der Waals surface area contributed by atoms with Crippen LogP contribution in [0.4, 0.5) is 0 Å². The van der Waals surface area contributed by atoms with E-state index in [-0.39, 0.29) is 5.91 Å². The molecule has 1 unspecified atom stereocenters. The molecule has 0 bridgehead atoms. The number of para-hydroxylation sites is 1. The van der Waals surface area contributed by atoms with E-state index in [0.717, 1.165) is 35.9 Å². The van der Waals surface area contributed by atoms with Gasteiger partial charge in [-0.2, -0.15) is 0 Å². The first-order chi connectivity index (χ1) is 15.1. The molecule has 0 aliphatic heterocycles. The number of rotatable bonds is 6. The molecule has 31 heavy (non-hydrogen) atoms. The van der Waals surface area contributed by atoms with Gasteiger partial charge >= 0.3 is 0 Å². The Balaban J connectivity index is 1.38. The number of benzene rings is 2. The summed E-state index contributed by atoms with van der Waals surface area (Å²) < 4.78 is 11.0. The van der Waals surface area contributed by atoms with Gasteiger partial charge in [0.1, 0.15) is 11.5 Å². The number of fused-ring (bicyclic) bond motifs is 3. The van der Waals surface area contributed by atoms with Gasteiger partial charge in [-0.3, -0.25) is 20.4 Å². The summed E-state index contributed by atoms with van der Waals surface area (Å²) in [5.41, 5.74) is 8.80. The molecule has 2 amide bonds. The van der Waals surface area contributed by atoms with Crippen molar-refractivity contribution in [1.29, 1.82) is 0 Å². The summed E-state index contributed by atoms with van der Waals surface area (Å²) in [5.74, 6) is 0.463. The molecule has 3 N–H and O–H groups in total. The van der Waals surface area contributed by atoms with Crippen molar-refractivity contribution >= 4 is 22.7 Å². The van der Waals surface area contributed by atoms with Crippen molar-refractivity contribution in [3.63, 3.8) is 0 Å². The molecule has 7 heteroatoms. The molecule has 7 nitrogen and oxygen atoms in total. The first-order valence-corrected chi connectivity index (χ1v) is 10.7. The molecule has 2 aromatic carbocycles.